The van der Waals surface area contributed by atoms with E-state index >= 15 is 0 Å². The summed E-state index contributed by atoms with van der Waals surface area (Å²) >= 11 is 0. The van der Waals surface area contributed by atoms with Crippen LogP contribution in [0.4, 0.5) is 0 Å². The van der Waals surface area contributed by atoms with Crippen LogP contribution in [-0.2, 0) is 21.2 Å². The molecule has 0 bridgehead atoms. The Morgan fingerprint density at radius 2 is 1.84 bits per heavy atom. The first-order valence-electron chi connectivity index (χ1n) is 8.40. The van der Waals surface area contributed by atoms with E-state index in [9.17, 15) is 13.2 Å². The Balaban J connectivity index is 0.00000312. The minimum Gasteiger partial charge on any atom is -0.480 e. The first-order chi connectivity index (χ1) is 11.4. The van der Waals surface area contributed by atoms with Gasteiger partial charge in [-0.1, -0.05) is 37.3 Å². The highest BCUT2D eigenvalue weighted by molar-refractivity contribution is 7.89. The van der Waals surface area contributed by atoms with Gasteiger partial charge in [0.05, 0.1) is 12.3 Å². The zero-order valence-corrected chi connectivity index (χ0v) is 16.1. The second-order valence-electron chi connectivity index (χ2n) is 6.14. The van der Waals surface area contributed by atoms with E-state index in [-0.39, 0.29) is 30.7 Å². The van der Waals surface area contributed by atoms with E-state index in [4.69, 9.17) is 5.11 Å². The van der Waals surface area contributed by atoms with Gasteiger partial charge in [0.25, 0.3) is 0 Å². The number of likely N-dealkylation sites (N-methyl/N-ethyl adjacent to an activating group) is 1. The number of hydrogen-bond acceptors (Lipinski definition) is 4. The van der Waals surface area contributed by atoms with E-state index in [1.54, 1.807) is 4.31 Å². The zero-order chi connectivity index (χ0) is 17.6. The summed E-state index contributed by atoms with van der Waals surface area (Å²) in [6.07, 6.45) is 1.89. The summed E-state index contributed by atoms with van der Waals surface area (Å²) in [6, 6.07) is 9.76. The number of aliphatic carboxylic acids is 1. The first-order valence-corrected chi connectivity index (χ1v) is 10.0. The average Bonchev–Trinajstić information content (AvgIpc) is 2.59. The molecule has 0 aliphatic carbocycles. The van der Waals surface area contributed by atoms with Crippen LogP contribution in [0.3, 0.4) is 0 Å². The monoisotopic (exact) mass is 390 g/mol. The number of sulfonamides is 1. The van der Waals surface area contributed by atoms with Crippen LogP contribution >= 0.6 is 12.4 Å². The molecular weight excluding hydrogens is 364 g/mol. The van der Waals surface area contributed by atoms with Crippen LogP contribution in [0.1, 0.15) is 25.3 Å². The molecule has 1 aliphatic heterocycles. The molecule has 1 aromatic rings. The maximum Gasteiger partial charge on any atom is 0.317 e. The number of hydrogen-bond donors (Lipinski definition) is 1. The molecule has 6 nitrogen and oxygen atoms in total. The molecule has 1 N–H and O–H groups in total. The van der Waals surface area contributed by atoms with Crippen LogP contribution in [0.15, 0.2) is 30.3 Å². The van der Waals surface area contributed by atoms with Crippen LogP contribution in [0, 0.1) is 0 Å². The molecule has 0 unspecified atom stereocenters. The van der Waals surface area contributed by atoms with E-state index in [1.165, 1.54) is 0 Å². The molecule has 25 heavy (non-hydrogen) atoms. The van der Waals surface area contributed by atoms with Crippen LogP contribution in [0.2, 0.25) is 0 Å². The Labute approximate surface area is 156 Å². The van der Waals surface area contributed by atoms with Gasteiger partial charge in [0.2, 0.25) is 10.0 Å². The summed E-state index contributed by atoms with van der Waals surface area (Å²) in [5.41, 5.74) is 1.02. The summed E-state index contributed by atoms with van der Waals surface area (Å²) in [4.78, 5) is 12.8. The largest absolute Gasteiger partial charge is 0.480 e. The minimum atomic E-state index is -3.26. The van der Waals surface area contributed by atoms with E-state index < -0.39 is 16.0 Å². The van der Waals surface area contributed by atoms with Gasteiger partial charge in [0.1, 0.15) is 0 Å². The number of nitrogens with zero attached hydrogens (tertiary/aromatic N) is 2. The van der Waals surface area contributed by atoms with Crippen molar-refractivity contribution >= 4 is 28.4 Å². The first kappa shape index (κ1) is 21.9. The van der Waals surface area contributed by atoms with Gasteiger partial charge in [-0.05, 0) is 31.4 Å². The fraction of sp³-hybridized carbons (Fsp3) is 0.588. The molecular formula is C17H27ClN2O4S. The smallest absolute Gasteiger partial charge is 0.317 e. The number of benzene rings is 1. The molecule has 1 saturated heterocycles. The summed E-state index contributed by atoms with van der Waals surface area (Å²) in [7, 11) is -3.26. The van der Waals surface area contributed by atoms with Crippen molar-refractivity contribution in [2.45, 2.75) is 32.2 Å². The van der Waals surface area contributed by atoms with Gasteiger partial charge in [-0.25, -0.2) is 12.7 Å². The van der Waals surface area contributed by atoms with Crippen molar-refractivity contribution in [3.63, 3.8) is 0 Å². The average molecular weight is 391 g/mol. The van der Waals surface area contributed by atoms with E-state index in [1.807, 2.05) is 42.2 Å². The van der Waals surface area contributed by atoms with Gasteiger partial charge < -0.3 is 5.11 Å². The summed E-state index contributed by atoms with van der Waals surface area (Å²) < 4.78 is 26.6. The summed E-state index contributed by atoms with van der Waals surface area (Å²) in [5.74, 6) is -0.719. The third-order valence-electron chi connectivity index (χ3n) is 4.57. The lowest BCUT2D eigenvalue weighted by Gasteiger charge is -2.36. The second-order valence-corrected chi connectivity index (χ2v) is 8.23. The summed E-state index contributed by atoms with van der Waals surface area (Å²) in [6.45, 7) is 3.56. The Kier molecular flexibility index (Phi) is 8.85. The fourth-order valence-corrected chi connectivity index (χ4v) is 4.70. The Morgan fingerprint density at radius 1 is 1.24 bits per heavy atom. The van der Waals surface area contributed by atoms with Crippen molar-refractivity contribution in [2.24, 2.45) is 0 Å². The molecule has 1 aromatic carbocycles. The van der Waals surface area contributed by atoms with Crippen LogP contribution in [-0.4, -0.2) is 66.7 Å². The molecule has 0 spiro atoms. The molecule has 1 fully saturated rings. The molecule has 0 aromatic heterocycles. The molecule has 8 heteroatoms. The van der Waals surface area contributed by atoms with Crippen molar-refractivity contribution in [3.05, 3.63) is 35.9 Å². The van der Waals surface area contributed by atoms with Gasteiger partial charge in [0, 0.05) is 19.1 Å². The number of piperidine rings is 1. The molecule has 2 rings (SSSR count). The second kappa shape index (κ2) is 10.1. The van der Waals surface area contributed by atoms with Crippen LogP contribution in [0.25, 0.3) is 0 Å². The lowest BCUT2D eigenvalue weighted by molar-refractivity contribution is -0.139. The third kappa shape index (κ3) is 6.58. The number of halogens is 1. The van der Waals surface area contributed by atoms with E-state index in [0.717, 1.165) is 5.56 Å². The van der Waals surface area contributed by atoms with Crippen LogP contribution in [0.5, 0.6) is 0 Å². The lowest BCUT2D eigenvalue weighted by atomic mass is 10.0. The van der Waals surface area contributed by atoms with Gasteiger partial charge in [-0.15, -0.1) is 12.4 Å². The predicted molar refractivity (Wildman–Crippen MR) is 101 cm³/mol. The highest BCUT2D eigenvalue weighted by atomic mass is 35.5. The van der Waals surface area contributed by atoms with Gasteiger partial charge >= 0.3 is 5.97 Å². The number of carbonyl (C=O) groups is 1. The highest BCUT2D eigenvalue weighted by Gasteiger charge is 2.30. The predicted octanol–water partition coefficient (Wildman–Crippen LogP) is 1.85. The number of carboxylic acid groups (broad SMARTS) is 1. The molecule has 142 valence electrons. The third-order valence-corrected chi connectivity index (χ3v) is 6.44. The van der Waals surface area contributed by atoms with Crippen molar-refractivity contribution in [3.8, 4) is 0 Å². The molecule has 1 heterocycles. The van der Waals surface area contributed by atoms with E-state index in [2.05, 4.69) is 0 Å². The van der Waals surface area contributed by atoms with Crippen LogP contribution < -0.4 is 0 Å². The van der Waals surface area contributed by atoms with Crippen molar-refractivity contribution < 1.29 is 18.3 Å². The molecule has 1 aliphatic rings. The summed E-state index contributed by atoms with van der Waals surface area (Å²) in [5, 5.41) is 8.96. The molecule has 0 amide bonds. The number of aryl methyl sites for hydroxylation is 1. The number of carboxylic acids is 1. The Bertz CT molecular complexity index is 631. The topological polar surface area (TPSA) is 77.9 Å². The van der Waals surface area contributed by atoms with Gasteiger partial charge in [-0.3, -0.25) is 9.69 Å². The normalized spacial score (nSPS) is 16.6. The number of rotatable bonds is 8. The van der Waals surface area contributed by atoms with E-state index in [0.29, 0.717) is 38.9 Å². The molecule has 0 atom stereocenters. The maximum atomic E-state index is 12.5. The van der Waals surface area contributed by atoms with Gasteiger partial charge in [0.15, 0.2) is 0 Å². The quantitative estimate of drug-likeness (QED) is 0.732. The fourth-order valence-electron chi connectivity index (χ4n) is 3.18. The zero-order valence-electron chi connectivity index (χ0n) is 14.5. The van der Waals surface area contributed by atoms with Crippen molar-refractivity contribution in [2.75, 3.05) is 31.9 Å². The highest BCUT2D eigenvalue weighted by Crippen LogP contribution is 2.19. The minimum absolute atomic E-state index is 0. The lowest BCUT2D eigenvalue weighted by Crippen LogP contribution is -2.48. The SMILES string of the molecule is CCN(CC(=O)O)C1CCN(S(=O)(=O)CCc2ccccc2)CC1.Cl. The maximum absolute atomic E-state index is 12.5. The molecule has 0 saturated carbocycles. The van der Waals surface area contributed by atoms with Gasteiger partial charge in [-0.2, -0.15) is 0 Å². The molecule has 0 radical (unpaired) electrons. The van der Waals surface area contributed by atoms with Crippen molar-refractivity contribution in [1.29, 1.82) is 0 Å². The Hall–Kier alpha value is -1.15. The standard InChI is InChI=1S/C17H26N2O4S.ClH/c1-2-18(14-17(20)21)16-8-11-19(12-9-16)24(22,23)13-10-15-6-4-3-5-7-15;/h3-7,16H,2,8-14H2,1H3,(H,20,21);1H. The Morgan fingerprint density at radius 3 is 2.36 bits per heavy atom. The van der Waals surface area contributed by atoms with Crippen molar-refractivity contribution in [1.82, 2.24) is 9.21 Å².